The molecule has 0 bridgehead atoms. The van der Waals surface area contributed by atoms with E-state index >= 15 is 0 Å². The van der Waals surface area contributed by atoms with Crippen molar-refractivity contribution in [3.63, 3.8) is 0 Å². The Hall–Kier alpha value is -1.02. The minimum atomic E-state index is 0.855. The zero-order chi connectivity index (χ0) is 9.80. The third-order valence-electron chi connectivity index (χ3n) is 2.62. The molecule has 0 radical (unpaired) electrons. The quantitative estimate of drug-likeness (QED) is 0.629. The fraction of sp³-hybridized carbons (Fsp3) is 0.500. The lowest BCUT2D eigenvalue weighted by Gasteiger charge is -2.29. The number of morpholine rings is 1. The van der Waals surface area contributed by atoms with E-state index in [1.54, 1.807) is 0 Å². The first-order valence-electron chi connectivity index (χ1n) is 5.24. The van der Waals surface area contributed by atoms with Crippen molar-refractivity contribution >= 4 is 0 Å². The van der Waals surface area contributed by atoms with Gasteiger partial charge in [0.2, 0.25) is 0 Å². The van der Waals surface area contributed by atoms with Crippen LogP contribution in [0, 0.1) is 0 Å². The molecule has 1 heterocycles. The molecule has 1 aliphatic heterocycles. The molecule has 14 heavy (non-hydrogen) atoms. The molecule has 0 aromatic carbocycles. The van der Waals surface area contributed by atoms with E-state index < -0.39 is 0 Å². The summed E-state index contributed by atoms with van der Waals surface area (Å²) in [4.78, 5) is 2.39. The molecule has 0 saturated carbocycles. The lowest BCUT2D eigenvalue weighted by Crippen LogP contribution is -2.35. The van der Waals surface area contributed by atoms with Crippen LogP contribution in [0.5, 0.6) is 0 Å². The Labute approximate surface area is 85.5 Å². The van der Waals surface area contributed by atoms with E-state index in [0.29, 0.717) is 0 Å². The van der Waals surface area contributed by atoms with E-state index in [0.717, 1.165) is 32.7 Å². The molecule has 0 atom stereocenters. The van der Waals surface area contributed by atoms with Gasteiger partial charge in [0.25, 0.3) is 0 Å². The van der Waals surface area contributed by atoms with E-state index in [1.165, 1.54) is 11.3 Å². The minimum absolute atomic E-state index is 0.855. The van der Waals surface area contributed by atoms with Crippen LogP contribution in [0.2, 0.25) is 0 Å². The molecule has 1 fully saturated rings. The summed E-state index contributed by atoms with van der Waals surface area (Å²) in [6.45, 7) is 5.90. The Morgan fingerprint density at radius 2 is 2.07 bits per heavy atom. The van der Waals surface area contributed by atoms with Gasteiger partial charge < -0.3 is 9.64 Å². The van der Waals surface area contributed by atoms with Gasteiger partial charge in [-0.05, 0) is 25.5 Å². The lowest BCUT2D eigenvalue weighted by molar-refractivity contribution is 0.0554. The van der Waals surface area contributed by atoms with Gasteiger partial charge in [-0.3, -0.25) is 0 Å². The largest absolute Gasteiger partial charge is 0.378 e. The summed E-state index contributed by atoms with van der Waals surface area (Å²) in [5.74, 6) is 0. The molecule has 1 saturated heterocycles. The predicted molar refractivity (Wildman–Crippen MR) is 58.0 cm³/mol. The summed E-state index contributed by atoms with van der Waals surface area (Å²) < 4.78 is 5.34. The van der Waals surface area contributed by atoms with Gasteiger partial charge in [-0.15, -0.1) is 0 Å². The molecule has 2 heteroatoms. The zero-order valence-electron chi connectivity index (χ0n) is 8.70. The third-order valence-corrected chi connectivity index (χ3v) is 2.62. The molecule has 2 rings (SSSR count). The summed E-state index contributed by atoms with van der Waals surface area (Å²) in [6.07, 6.45) is 10.0. The van der Waals surface area contributed by atoms with Crippen molar-refractivity contribution in [1.29, 1.82) is 0 Å². The van der Waals surface area contributed by atoms with Gasteiger partial charge in [0.1, 0.15) is 0 Å². The number of rotatable bonds is 1. The summed E-state index contributed by atoms with van der Waals surface area (Å²) in [7, 11) is 0. The van der Waals surface area contributed by atoms with Crippen molar-refractivity contribution in [1.82, 2.24) is 4.90 Å². The van der Waals surface area contributed by atoms with Crippen LogP contribution >= 0.6 is 0 Å². The Bertz CT molecular complexity index is 283. The van der Waals surface area contributed by atoms with Gasteiger partial charge in [0, 0.05) is 18.8 Å². The van der Waals surface area contributed by atoms with Gasteiger partial charge in [-0.2, -0.15) is 0 Å². The van der Waals surface area contributed by atoms with E-state index in [2.05, 4.69) is 36.1 Å². The smallest absolute Gasteiger partial charge is 0.0642 e. The van der Waals surface area contributed by atoms with E-state index in [-0.39, 0.29) is 0 Å². The maximum atomic E-state index is 5.34. The summed E-state index contributed by atoms with van der Waals surface area (Å²) >= 11 is 0. The molecule has 0 N–H and O–H groups in total. The van der Waals surface area contributed by atoms with Crippen molar-refractivity contribution in [2.75, 3.05) is 26.3 Å². The van der Waals surface area contributed by atoms with Crippen LogP contribution in [0.3, 0.4) is 0 Å². The maximum absolute atomic E-state index is 5.34. The molecule has 0 aromatic heterocycles. The van der Waals surface area contributed by atoms with E-state index in [4.69, 9.17) is 4.74 Å². The van der Waals surface area contributed by atoms with Crippen LogP contribution in [0.4, 0.5) is 0 Å². The van der Waals surface area contributed by atoms with E-state index in [1.807, 2.05) is 0 Å². The highest BCUT2D eigenvalue weighted by Crippen LogP contribution is 2.15. The molecular formula is C12H17NO. The maximum Gasteiger partial charge on any atom is 0.0642 e. The topological polar surface area (TPSA) is 12.5 Å². The van der Waals surface area contributed by atoms with Crippen molar-refractivity contribution in [2.24, 2.45) is 0 Å². The predicted octanol–water partition coefficient (Wildman–Crippen LogP) is 2.11. The van der Waals surface area contributed by atoms with Crippen molar-refractivity contribution in [2.45, 2.75) is 13.3 Å². The number of nitrogens with zero attached hydrogens (tertiary/aromatic N) is 1. The average Bonchev–Trinajstić information content (AvgIpc) is 2.44. The Kier molecular flexibility index (Phi) is 3.04. The van der Waals surface area contributed by atoms with Crippen LogP contribution in [-0.4, -0.2) is 31.2 Å². The van der Waals surface area contributed by atoms with Crippen LogP contribution in [-0.2, 0) is 4.74 Å². The molecule has 1 aliphatic carbocycles. The molecule has 0 spiro atoms. The summed E-state index contributed by atoms with van der Waals surface area (Å²) in [5, 5.41) is 0. The highest BCUT2D eigenvalue weighted by molar-refractivity contribution is 5.31. The number of allylic oxidation sites excluding steroid dienone is 5. The number of ether oxygens (including phenoxy) is 1. The van der Waals surface area contributed by atoms with Gasteiger partial charge in [-0.1, -0.05) is 17.7 Å². The second kappa shape index (κ2) is 4.47. The molecule has 2 aliphatic rings. The van der Waals surface area contributed by atoms with Crippen LogP contribution in [0.25, 0.3) is 0 Å². The fourth-order valence-electron chi connectivity index (χ4n) is 1.80. The van der Waals surface area contributed by atoms with Gasteiger partial charge in [0.05, 0.1) is 13.2 Å². The van der Waals surface area contributed by atoms with E-state index in [9.17, 15) is 0 Å². The molecule has 0 unspecified atom stereocenters. The second-order valence-electron chi connectivity index (χ2n) is 3.75. The first-order chi connectivity index (χ1) is 6.86. The minimum Gasteiger partial charge on any atom is -0.378 e. The molecule has 76 valence electrons. The van der Waals surface area contributed by atoms with Crippen molar-refractivity contribution in [3.05, 3.63) is 35.6 Å². The van der Waals surface area contributed by atoms with Crippen molar-refractivity contribution < 1.29 is 4.74 Å². The molecular weight excluding hydrogens is 174 g/mol. The standard InChI is InChI=1S/C12H17NO/c1-11-4-2-3-5-12(10-11)13-6-8-14-9-7-13/h3-5,10H,2,6-9H2,1H3. The Morgan fingerprint density at radius 1 is 1.29 bits per heavy atom. The highest BCUT2D eigenvalue weighted by atomic mass is 16.5. The molecule has 0 amide bonds. The monoisotopic (exact) mass is 191 g/mol. The van der Waals surface area contributed by atoms with Gasteiger partial charge in [0.15, 0.2) is 0 Å². The number of hydrogen-bond donors (Lipinski definition) is 0. The van der Waals surface area contributed by atoms with Crippen LogP contribution in [0.15, 0.2) is 35.6 Å². The Morgan fingerprint density at radius 3 is 2.86 bits per heavy atom. The van der Waals surface area contributed by atoms with Crippen molar-refractivity contribution in [3.8, 4) is 0 Å². The number of hydrogen-bond acceptors (Lipinski definition) is 2. The second-order valence-corrected chi connectivity index (χ2v) is 3.75. The SMILES string of the molecule is CC1=CCC=CC(N2CCOCC2)=C1. The summed E-state index contributed by atoms with van der Waals surface area (Å²) in [5.41, 5.74) is 2.69. The Balaban J connectivity index is 2.11. The first kappa shape index (κ1) is 9.53. The molecule has 0 aromatic rings. The highest BCUT2D eigenvalue weighted by Gasteiger charge is 2.11. The first-order valence-corrected chi connectivity index (χ1v) is 5.24. The fourth-order valence-corrected chi connectivity index (χ4v) is 1.80. The van der Waals surface area contributed by atoms with Crippen LogP contribution < -0.4 is 0 Å². The third kappa shape index (κ3) is 2.26. The zero-order valence-corrected chi connectivity index (χ0v) is 8.70. The normalized spacial score (nSPS) is 22.8. The lowest BCUT2D eigenvalue weighted by atomic mass is 10.2. The average molecular weight is 191 g/mol. The van der Waals surface area contributed by atoms with Gasteiger partial charge in [-0.25, -0.2) is 0 Å². The summed E-state index contributed by atoms with van der Waals surface area (Å²) in [6, 6.07) is 0. The molecule has 2 nitrogen and oxygen atoms in total. The van der Waals surface area contributed by atoms with Gasteiger partial charge >= 0.3 is 0 Å². The van der Waals surface area contributed by atoms with Crippen LogP contribution in [0.1, 0.15) is 13.3 Å².